The molecule has 0 saturated heterocycles. The summed E-state index contributed by atoms with van der Waals surface area (Å²) < 4.78 is 11.1. The van der Waals surface area contributed by atoms with Crippen LogP contribution in [0.4, 0.5) is 5.69 Å². The van der Waals surface area contributed by atoms with Gasteiger partial charge in [0.15, 0.2) is 0 Å². The number of anilines is 1. The fourth-order valence-corrected chi connectivity index (χ4v) is 4.96. The summed E-state index contributed by atoms with van der Waals surface area (Å²) in [7, 11) is -4.09. The molecule has 3 N–H and O–H groups in total. The summed E-state index contributed by atoms with van der Waals surface area (Å²) in [5, 5.41) is 2.68. The van der Waals surface area contributed by atoms with Crippen molar-refractivity contribution in [2.75, 3.05) is 11.1 Å². The molecular formula is C19H22NO4PS. The molecule has 0 bridgehead atoms. The second kappa shape index (κ2) is 7.57. The fraction of sp³-hybridized carbons (Fsp3) is 0.316. The average Bonchev–Trinajstić information content (AvgIpc) is 2.56. The van der Waals surface area contributed by atoms with Crippen LogP contribution < -0.4 is 5.32 Å². The van der Waals surface area contributed by atoms with Gasteiger partial charge >= 0.3 is 7.60 Å². The predicted molar refractivity (Wildman–Crippen MR) is 106 cm³/mol. The van der Waals surface area contributed by atoms with Crippen molar-refractivity contribution in [3.8, 4) is 0 Å². The molecule has 1 aliphatic rings. The number of hydrogen-bond donors (Lipinski definition) is 3. The first-order chi connectivity index (χ1) is 12.2. The number of fused-ring (bicyclic) bond motifs is 1. The molecule has 138 valence electrons. The van der Waals surface area contributed by atoms with Gasteiger partial charge in [-0.1, -0.05) is 24.3 Å². The summed E-state index contributed by atoms with van der Waals surface area (Å²) in [6.45, 7) is 4.15. The SMILES string of the molecule is Cc1cc2c(cc1C)C(C(=O)Nc1ccc(CP(=O)(O)O)cc1)SCC2. The minimum Gasteiger partial charge on any atom is -0.325 e. The smallest absolute Gasteiger partial charge is 0.325 e. The molecule has 5 nitrogen and oxygen atoms in total. The summed E-state index contributed by atoms with van der Waals surface area (Å²) >= 11 is 1.64. The quantitative estimate of drug-likeness (QED) is 0.687. The molecule has 26 heavy (non-hydrogen) atoms. The molecule has 0 spiro atoms. The Morgan fingerprint density at radius 2 is 1.85 bits per heavy atom. The molecule has 3 rings (SSSR count). The van der Waals surface area contributed by atoms with Gasteiger partial charge in [-0.3, -0.25) is 9.36 Å². The van der Waals surface area contributed by atoms with E-state index >= 15 is 0 Å². The van der Waals surface area contributed by atoms with Gasteiger partial charge in [-0.05, 0) is 66.0 Å². The predicted octanol–water partition coefficient (Wildman–Crippen LogP) is 3.95. The van der Waals surface area contributed by atoms with Gasteiger partial charge in [-0.25, -0.2) is 0 Å². The normalized spacial score (nSPS) is 16.8. The largest absolute Gasteiger partial charge is 0.329 e. The lowest BCUT2D eigenvalue weighted by molar-refractivity contribution is -0.115. The van der Waals surface area contributed by atoms with Gasteiger partial charge in [0.1, 0.15) is 5.25 Å². The van der Waals surface area contributed by atoms with Crippen LogP contribution in [-0.2, 0) is 21.9 Å². The van der Waals surface area contributed by atoms with Crippen molar-refractivity contribution in [3.63, 3.8) is 0 Å². The minimum atomic E-state index is -4.09. The Kier molecular flexibility index (Phi) is 5.58. The van der Waals surface area contributed by atoms with E-state index in [0.717, 1.165) is 17.7 Å². The van der Waals surface area contributed by atoms with Crippen LogP contribution in [0.1, 0.15) is 33.1 Å². The van der Waals surface area contributed by atoms with Crippen molar-refractivity contribution in [2.24, 2.45) is 0 Å². The number of rotatable bonds is 4. The number of benzene rings is 2. The Hall–Kier alpha value is -1.59. The highest BCUT2D eigenvalue weighted by molar-refractivity contribution is 8.00. The highest BCUT2D eigenvalue weighted by Crippen LogP contribution is 2.40. The number of nitrogens with one attached hydrogen (secondary N) is 1. The van der Waals surface area contributed by atoms with Crippen LogP contribution in [0.15, 0.2) is 36.4 Å². The van der Waals surface area contributed by atoms with E-state index in [-0.39, 0.29) is 17.3 Å². The molecule has 1 unspecified atom stereocenters. The maximum absolute atomic E-state index is 12.8. The average molecular weight is 391 g/mol. The molecule has 1 amide bonds. The molecule has 0 aliphatic carbocycles. The number of thioether (sulfide) groups is 1. The van der Waals surface area contributed by atoms with E-state index < -0.39 is 7.60 Å². The molecule has 0 saturated carbocycles. The zero-order chi connectivity index (χ0) is 18.9. The molecule has 2 aromatic carbocycles. The van der Waals surface area contributed by atoms with Gasteiger partial charge in [-0.2, -0.15) is 0 Å². The molecule has 1 atom stereocenters. The highest BCUT2D eigenvalue weighted by atomic mass is 32.2. The van der Waals surface area contributed by atoms with Gasteiger partial charge in [0.05, 0.1) is 6.16 Å². The van der Waals surface area contributed by atoms with Crippen molar-refractivity contribution < 1.29 is 19.1 Å². The molecule has 0 aromatic heterocycles. The first-order valence-electron chi connectivity index (χ1n) is 8.39. The molecule has 1 heterocycles. The highest BCUT2D eigenvalue weighted by Gasteiger charge is 2.27. The molecule has 0 radical (unpaired) electrons. The van der Waals surface area contributed by atoms with Crippen molar-refractivity contribution in [2.45, 2.75) is 31.7 Å². The Labute approximate surface area is 157 Å². The summed E-state index contributed by atoms with van der Waals surface area (Å²) in [6, 6.07) is 10.9. The van der Waals surface area contributed by atoms with E-state index in [4.69, 9.17) is 9.79 Å². The van der Waals surface area contributed by atoms with Gasteiger partial charge in [0.25, 0.3) is 0 Å². The standard InChI is InChI=1S/C19H22NO4PS/c1-12-9-15-7-8-26-18(17(15)10-13(12)2)19(21)20-16-5-3-14(4-6-16)11-25(22,23)24/h3-6,9-10,18H,7-8,11H2,1-2H3,(H,20,21)(H2,22,23,24). The van der Waals surface area contributed by atoms with Crippen LogP contribution in [0.2, 0.25) is 0 Å². The Morgan fingerprint density at radius 1 is 1.19 bits per heavy atom. The van der Waals surface area contributed by atoms with Crippen LogP contribution in [-0.4, -0.2) is 21.4 Å². The number of aryl methyl sites for hydroxylation is 3. The summed E-state index contributed by atoms with van der Waals surface area (Å²) in [4.78, 5) is 30.8. The molecular weight excluding hydrogens is 369 g/mol. The van der Waals surface area contributed by atoms with E-state index in [2.05, 4.69) is 31.3 Å². The van der Waals surface area contributed by atoms with Crippen LogP contribution >= 0.6 is 19.4 Å². The molecule has 7 heteroatoms. The second-order valence-electron chi connectivity index (χ2n) is 6.65. The van der Waals surface area contributed by atoms with E-state index in [1.54, 1.807) is 36.0 Å². The number of amides is 1. The summed E-state index contributed by atoms with van der Waals surface area (Å²) in [5.41, 5.74) is 5.92. The zero-order valence-electron chi connectivity index (χ0n) is 14.7. The first-order valence-corrected chi connectivity index (χ1v) is 11.2. The zero-order valence-corrected chi connectivity index (χ0v) is 16.4. The lowest BCUT2D eigenvalue weighted by Crippen LogP contribution is -2.23. The van der Waals surface area contributed by atoms with Crippen LogP contribution in [0.5, 0.6) is 0 Å². The molecule has 0 fully saturated rings. The van der Waals surface area contributed by atoms with Crippen molar-refractivity contribution >= 4 is 31.0 Å². The minimum absolute atomic E-state index is 0.0676. The number of carbonyl (C=O) groups excluding carboxylic acids is 1. The third-order valence-corrected chi connectivity index (χ3v) is 6.56. The van der Waals surface area contributed by atoms with Crippen LogP contribution in [0.3, 0.4) is 0 Å². The summed E-state index contributed by atoms with van der Waals surface area (Å²) in [5.74, 6) is 0.844. The second-order valence-corrected chi connectivity index (χ2v) is 9.50. The Balaban J connectivity index is 1.75. The van der Waals surface area contributed by atoms with Crippen molar-refractivity contribution in [1.29, 1.82) is 0 Å². The van der Waals surface area contributed by atoms with Gasteiger partial charge in [0, 0.05) is 5.69 Å². The maximum atomic E-state index is 12.8. The Bertz CT molecular complexity index is 876. The van der Waals surface area contributed by atoms with E-state index in [0.29, 0.717) is 11.3 Å². The lowest BCUT2D eigenvalue weighted by atomic mass is 9.95. The van der Waals surface area contributed by atoms with Gasteiger partial charge < -0.3 is 15.1 Å². The molecule has 2 aromatic rings. The van der Waals surface area contributed by atoms with Crippen LogP contribution in [0, 0.1) is 13.8 Å². The molecule has 1 aliphatic heterocycles. The van der Waals surface area contributed by atoms with Crippen molar-refractivity contribution in [3.05, 3.63) is 64.2 Å². The van der Waals surface area contributed by atoms with Crippen LogP contribution in [0.25, 0.3) is 0 Å². The first kappa shape index (κ1) is 19.2. The number of carbonyl (C=O) groups is 1. The van der Waals surface area contributed by atoms with E-state index in [1.165, 1.54) is 16.7 Å². The number of hydrogen-bond acceptors (Lipinski definition) is 3. The topological polar surface area (TPSA) is 86.6 Å². The maximum Gasteiger partial charge on any atom is 0.329 e. The fourth-order valence-electron chi connectivity index (χ4n) is 3.09. The van der Waals surface area contributed by atoms with E-state index in [1.807, 2.05) is 0 Å². The summed E-state index contributed by atoms with van der Waals surface area (Å²) in [6.07, 6.45) is 0.674. The van der Waals surface area contributed by atoms with Crippen molar-refractivity contribution in [1.82, 2.24) is 0 Å². The van der Waals surface area contributed by atoms with E-state index in [9.17, 15) is 9.36 Å². The third-order valence-electron chi connectivity index (χ3n) is 4.54. The van der Waals surface area contributed by atoms with Gasteiger partial charge in [-0.15, -0.1) is 11.8 Å². The third kappa shape index (κ3) is 4.57. The Morgan fingerprint density at radius 3 is 2.50 bits per heavy atom. The van der Waals surface area contributed by atoms with Gasteiger partial charge in [0.2, 0.25) is 5.91 Å². The lowest BCUT2D eigenvalue weighted by Gasteiger charge is -2.25. The monoisotopic (exact) mass is 391 g/mol.